The molecule has 16 heavy (non-hydrogen) atoms. The van der Waals surface area contributed by atoms with Gasteiger partial charge in [0.15, 0.2) is 0 Å². The molecule has 0 N–H and O–H groups in total. The molecule has 0 aromatic rings. The van der Waals surface area contributed by atoms with E-state index in [0.717, 1.165) is 11.8 Å². The zero-order valence-corrected chi connectivity index (χ0v) is 11.8. The highest BCUT2D eigenvalue weighted by Crippen LogP contribution is 2.70. The molecular weight excluding hydrogens is 211 g/mol. The number of fused-ring (bicyclic) bond motifs is 2. The van der Waals surface area contributed by atoms with E-state index in [0.29, 0.717) is 16.7 Å². The summed E-state index contributed by atoms with van der Waals surface area (Å²) in [4.78, 5) is 0. The third-order valence-electron chi connectivity index (χ3n) is 6.29. The van der Waals surface area contributed by atoms with Gasteiger partial charge in [-0.2, -0.15) is 0 Å². The minimum absolute atomic E-state index is 0.555. The minimum atomic E-state index is 0.555. The predicted molar refractivity (Wildman–Crippen MR) is 73.1 cm³/mol. The van der Waals surface area contributed by atoms with E-state index in [4.69, 9.17) is 0 Å². The van der Waals surface area contributed by atoms with Crippen LogP contribution in [0.5, 0.6) is 0 Å². The fourth-order valence-corrected chi connectivity index (χ4v) is 5.14. The maximum atomic E-state index is 2.95. The molecule has 3 aliphatic carbocycles. The molecule has 0 amide bonds. The zero-order chi connectivity index (χ0) is 11.6. The van der Waals surface area contributed by atoms with Crippen molar-refractivity contribution in [2.75, 3.05) is 0 Å². The highest BCUT2D eigenvalue weighted by atomic mass is 31.0. The number of hydrogen-bond acceptors (Lipinski definition) is 0. The average molecular weight is 234 g/mol. The Morgan fingerprint density at radius 3 is 2.50 bits per heavy atom. The second-order valence-corrected chi connectivity index (χ2v) is 7.46. The van der Waals surface area contributed by atoms with Gasteiger partial charge < -0.3 is 0 Å². The molecule has 1 heteroatoms. The molecule has 0 aromatic carbocycles. The first-order valence-corrected chi connectivity index (χ1v) is 7.18. The Morgan fingerprint density at radius 2 is 2.06 bits per heavy atom. The second kappa shape index (κ2) is 3.22. The van der Waals surface area contributed by atoms with Crippen molar-refractivity contribution in [2.45, 2.75) is 40.0 Å². The lowest BCUT2D eigenvalue weighted by atomic mass is 9.63. The lowest BCUT2D eigenvalue weighted by Gasteiger charge is -2.42. The molecule has 0 nitrogen and oxygen atoms in total. The van der Waals surface area contributed by atoms with Gasteiger partial charge in [0.25, 0.3) is 0 Å². The molecule has 5 atom stereocenters. The van der Waals surface area contributed by atoms with E-state index in [2.05, 4.69) is 48.2 Å². The van der Waals surface area contributed by atoms with Crippen molar-refractivity contribution < 1.29 is 0 Å². The van der Waals surface area contributed by atoms with Gasteiger partial charge in [0.1, 0.15) is 0 Å². The summed E-state index contributed by atoms with van der Waals surface area (Å²) in [5.41, 5.74) is 1.12. The van der Waals surface area contributed by atoms with E-state index in [9.17, 15) is 0 Å². The van der Waals surface area contributed by atoms with Crippen molar-refractivity contribution in [1.82, 2.24) is 0 Å². The predicted octanol–water partition coefficient (Wildman–Crippen LogP) is 4.39. The van der Waals surface area contributed by atoms with E-state index in [-0.39, 0.29) is 0 Å². The molecule has 3 rings (SSSR count). The van der Waals surface area contributed by atoms with Gasteiger partial charge in [-0.15, -0.1) is 9.24 Å². The van der Waals surface area contributed by atoms with Crippen molar-refractivity contribution in [1.29, 1.82) is 0 Å². The zero-order valence-electron chi connectivity index (χ0n) is 10.7. The molecule has 88 valence electrons. The summed E-state index contributed by atoms with van der Waals surface area (Å²) < 4.78 is 0. The van der Waals surface area contributed by atoms with Crippen LogP contribution in [0, 0.1) is 28.6 Å². The van der Waals surface area contributed by atoms with Gasteiger partial charge >= 0.3 is 0 Å². The van der Waals surface area contributed by atoms with Gasteiger partial charge in [-0.05, 0) is 47.2 Å². The van der Waals surface area contributed by atoms with E-state index >= 15 is 0 Å². The van der Waals surface area contributed by atoms with Crippen LogP contribution in [0.25, 0.3) is 0 Å². The van der Waals surface area contributed by atoms with Crippen LogP contribution >= 0.6 is 9.24 Å². The van der Waals surface area contributed by atoms with Crippen molar-refractivity contribution >= 4 is 9.24 Å². The largest absolute Gasteiger partial charge is 0.109 e. The normalized spacial score (nSPS) is 48.8. The van der Waals surface area contributed by atoms with Crippen LogP contribution in [0.2, 0.25) is 0 Å². The van der Waals surface area contributed by atoms with Crippen molar-refractivity contribution in [3.63, 3.8) is 0 Å². The smallest absolute Gasteiger partial charge is 0.00540 e. The molecule has 0 radical (unpaired) electrons. The first-order chi connectivity index (χ1) is 7.47. The molecule has 3 aliphatic rings. The SMILES string of the molecule is CC1(C)C2CCC1(C)C(C1C=CC=C1P)C2. The summed E-state index contributed by atoms with van der Waals surface area (Å²) >= 11 is 0. The Hall–Kier alpha value is -0.0900. The highest BCUT2D eigenvalue weighted by molar-refractivity contribution is 7.22. The summed E-state index contributed by atoms with van der Waals surface area (Å²) in [6.07, 6.45) is 11.3. The summed E-state index contributed by atoms with van der Waals surface area (Å²) in [6, 6.07) is 0. The van der Waals surface area contributed by atoms with E-state index in [1.807, 2.05) is 0 Å². The first-order valence-electron chi connectivity index (χ1n) is 6.61. The lowest BCUT2D eigenvalue weighted by molar-refractivity contribution is 0.0891. The lowest BCUT2D eigenvalue weighted by Crippen LogP contribution is -2.35. The fourth-order valence-electron chi connectivity index (χ4n) is 4.68. The van der Waals surface area contributed by atoms with Gasteiger partial charge in [-0.1, -0.05) is 39.0 Å². The molecule has 0 aromatic heterocycles. The molecule has 2 bridgehead atoms. The molecule has 0 heterocycles. The number of allylic oxidation sites excluding steroid dienone is 4. The van der Waals surface area contributed by atoms with Crippen LogP contribution in [0.4, 0.5) is 0 Å². The summed E-state index contributed by atoms with van der Waals surface area (Å²) in [7, 11) is 2.95. The summed E-state index contributed by atoms with van der Waals surface area (Å²) in [5.74, 6) is 2.55. The van der Waals surface area contributed by atoms with Crippen LogP contribution in [0.15, 0.2) is 23.5 Å². The first kappa shape index (κ1) is 11.0. The maximum absolute atomic E-state index is 2.95. The number of rotatable bonds is 1. The van der Waals surface area contributed by atoms with Gasteiger partial charge in [-0.3, -0.25) is 0 Å². The Kier molecular flexibility index (Phi) is 2.22. The van der Waals surface area contributed by atoms with Crippen LogP contribution in [-0.4, -0.2) is 0 Å². The highest BCUT2D eigenvalue weighted by Gasteiger charge is 2.62. The van der Waals surface area contributed by atoms with Gasteiger partial charge in [0.2, 0.25) is 0 Å². The minimum Gasteiger partial charge on any atom is -0.109 e. The van der Waals surface area contributed by atoms with E-state index in [1.54, 1.807) is 0 Å². The third kappa shape index (κ3) is 1.15. The molecule has 5 unspecified atom stereocenters. The quantitative estimate of drug-likeness (QED) is 0.590. The summed E-state index contributed by atoms with van der Waals surface area (Å²) in [5, 5.41) is 1.51. The van der Waals surface area contributed by atoms with Crippen molar-refractivity contribution in [3.8, 4) is 0 Å². The second-order valence-electron chi connectivity index (χ2n) is 6.79. The Labute approximate surface area is 102 Å². The topological polar surface area (TPSA) is 0 Å². The Balaban J connectivity index is 1.96. The van der Waals surface area contributed by atoms with Crippen LogP contribution in [0.3, 0.4) is 0 Å². The maximum Gasteiger partial charge on any atom is 0.00540 e. The summed E-state index contributed by atoms with van der Waals surface area (Å²) in [6.45, 7) is 7.57. The molecule has 2 saturated carbocycles. The van der Waals surface area contributed by atoms with Crippen LogP contribution in [-0.2, 0) is 0 Å². The van der Waals surface area contributed by atoms with Gasteiger partial charge in [0.05, 0.1) is 0 Å². The molecule has 2 fully saturated rings. The molecule has 0 spiro atoms. The van der Waals surface area contributed by atoms with Crippen LogP contribution in [0.1, 0.15) is 40.0 Å². The Bertz CT molecular complexity index is 377. The average Bonchev–Trinajstić information content (AvgIpc) is 2.77. The Morgan fingerprint density at radius 1 is 1.31 bits per heavy atom. The molecule has 0 aliphatic heterocycles. The number of hydrogen-bond donors (Lipinski definition) is 0. The van der Waals surface area contributed by atoms with E-state index < -0.39 is 0 Å². The standard InChI is InChI=1S/C15H23P/c1-14(2)10-7-8-15(14,3)12(9-10)11-5-4-6-13(11)16/h4-6,10-12H,7-9,16H2,1-3H3. The van der Waals surface area contributed by atoms with Crippen molar-refractivity contribution in [2.24, 2.45) is 28.6 Å². The van der Waals surface area contributed by atoms with Crippen molar-refractivity contribution in [3.05, 3.63) is 23.5 Å². The van der Waals surface area contributed by atoms with Gasteiger partial charge in [0, 0.05) is 5.92 Å². The van der Waals surface area contributed by atoms with Gasteiger partial charge in [-0.25, -0.2) is 0 Å². The van der Waals surface area contributed by atoms with E-state index in [1.165, 1.54) is 24.6 Å². The third-order valence-corrected chi connectivity index (χ3v) is 6.86. The molecule has 0 saturated heterocycles. The fraction of sp³-hybridized carbons (Fsp3) is 0.733. The molecular formula is C15H23P. The van der Waals surface area contributed by atoms with Crippen LogP contribution < -0.4 is 0 Å². The monoisotopic (exact) mass is 234 g/mol.